The summed E-state index contributed by atoms with van der Waals surface area (Å²) in [5.41, 5.74) is 12.2. The summed E-state index contributed by atoms with van der Waals surface area (Å²) in [5.74, 6) is -3.07. The Morgan fingerprint density at radius 2 is 1.59 bits per heavy atom. The van der Waals surface area contributed by atoms with Gasteiger partial charge in [-0.1, -0.05) is 12.1 Å². The number of hydrogen-bond donors (Lipinski definition) is 8. The lowest BCUT2D eigenvalue weighted by molar-refractivity contribution is -0.138. The highest BCUT2D eigenvalue weighted by atomic mass is 32.1. The predicted octanol–water partition coefficient (Wildman–Crippen LogP) is -1.51. The molecule has 3 unspecified atom stereocenters. The zero-order chi connectivity index (χ0) is 24.1. The van der Waals surface area contributed by atoms with Crippen LogP contribution in [0.2, 0.25) is 0 Å². The Bertz CT molecular complexity index is 776. The molecule has 178 valence electrons. The fourth-order valence-electron chi connectivity index (χ4n) is 2.77. The highest BCUT2D eigenvalue weighted by Gasteiger charge is 2.27. The number of amides is 3. The van der Waals surface area contributed by atoms with Crippen LogP contribution in [-0.2, 0) is 25.6 Å². The summed E-state index contributed by atoms with van der Waals surface area (Å²) in [6, 6.07) is 3.26. The van der Waals surface area contributed by atoms with Crippen LogP contribution in [0.15, 0.2) is 24.3 Å². The number of carbonyl (C=O) groups is 4. The molecule has 0 aromatic heterocycles. The molecule has 12 heteroatoms. The standard InChI is InChI=1S/C20H31N5O6S/c21-8-2-1-3-15(20(31)25-16(11-32)19(30)23-10-17(27)28)24-18(29)14(22)9-12-4-6-13(26)7-5-12/h4-7,14-16,26,32H,1-3,8-11,21-22H2,(H,23,30)(H,24,29)(H,25,31)(H,27,28). The van der Waals surface area contributed by atoms with Crippen molar-refractivity contribution in [2.24, 2.45) is 11.5 Å². The molecule has 0 heterocycles. The molecule has 3 amide bonds. The van der Waals surface area contributed by atoms with E-state index in [9.17, 15) is 24.3 Å². The molecule has 0 saturated carbocycles. The molecule has 0 aliphatic heterocycles. The normalized spacial score (nSPS) is 13.5. The van der Waals surface area contributed by atoms with Gasteiger partial charge in [0.15, 0.2) is 0 Å². The first kappa shape index (κ1) is 27.2. The Kier molecular flexibility index (Phi) is 12.1. The van der Waals surface area contributed by atoms with Gasteiger partial charge in [0.25, 0.3) is 0 Å². The summed E-state index contributed by atoms with van der Waals surface area (Å²) in [6.45, 7) is -0.179. The number of benzene rings is 1. The largest absolute Gasteiger partial charge is 0.508 e. The Balaban J connectivity index is 2.77. The van der Waals surface area contributed by atoms with Crippen LogP contribution in [0, 0.1) is 0 Å². The third-order valence-electron chi connectivity index (χ3n) is 4.54. The first-order valence-corrected chi connectivity index (χ1v) is 10.8. The van der Waals surface area contributed by atoms with Crippen LogP contribution in [0.3, 0.4) is 0 Å². The second-order valence-corrected chi connectivity index (χ2v) is 7.54. The first-order chi connectivity index (χ1) is 15.2. The molecule has 3 atom stereocenters. The van der Waals surface area contributed by atoms with Gasteiger partial charge in [-0.3, -0.25) is 19.2 Å². The third kappa shape index (κ3) is 9.98. The average molecular weight is 470 g/mol. The quantitative estimate of drug-likeness (QED) is 0.119. The van der Waals surface area contributed by atoms with Crippen LogP contribution in [0.25, 0.3) is 0 Å². The molecule has 0 spiro atoms. The van der Waals surface area contributed by atoms with Crippen molar-refractivity contribution in [3.8, 4) is 5.75 Å². The van der Waals surface area contributed by atoms with Crippen molar-refractivity contribution in [1.82, 2.24) is 16.0 Å². The lowest BCUT2D eigenvalue weighted by atomic mass is 10.0. The maximum Gasteiger partial charge on any atom is 0.322 e. The molecule has 11 nitrogen and oxygen atoms in total. The predicted molar refractivity (Wildman–Crippen MR) is 121 cm³/mol. The number of carboxylic acid groups (broad SMARTS) is 1. The zero-order valence-electron chi connectivity index (χ0n) is 17.6. The minimum atomic E-state index is -1.22. The molecule has 0 radical (unpaired) electrons. The van der Waals surface area contributed by atoms with Gasteiger partial charge in [-0.25, -0.2) is 0 Å². The minimum Gasteiger partial charge on any atom is -0.508 e. The number of unbranched alkanes of at least 4 members (excludes halogenated alkanes) is 1. The maximum atomic E-state index is 12.7. The SMILES string of the molecule is NCCCCC(NC(=O)C(N)Cc1ccc(O)cc1)C(=O)NC(CS)C(=O)NCC(=O)O. The van der Waals surface area contributed by atoms with Gasteiger partial charge >= 0.3 is 5.97 Å². The van der Waals surface area contributed by atoms with Crippen LogP contribution in [0.4, 0.5) is 0 Å². The fourth-order valence-corrected chi connectivity index (χ4v) is 3.03. The van der Waals surface area contributed by atoms with Crippen molar-refractivity contribution in [2.75, 3.05) is 18.8 Å². The molecular weight excluding hydrogens is 438 g/mol. The van der Waals surface area contributed by atoms with Crippen molar-refractivity contribution < 1.29 is 29.4 Å². The molecule has 0 bridgehead atoms. The van der Waals surface area contributed by atoms with Gasteiger partial charge in [-0.15, -0.1) is 0 Å². The number of nitrogens with two attached hydrogens (primary N) is 2. The number of phenolic OH excluding ortho intramolecular Hbond substituents is 1. The fraction of sp³-hybridized carbons (Fsp3) is 0.500. The smallest absolute Gasteiger partial charge is 0.322 e. The van der Waals surface area contributed by atoms with Crippen LogP contribution in [-0.4, -0.2) is 70.9 Å². The molecule has 1 rings (SSSR count). The van der Waals surface area contributed by atoms with Gasteiger partial charge in [0, 0.05) is 5.75 Å². The number of nitrogens with one attached hydrogen (secondary N) is 3. The van der Waals surface area contributed by atoms with Crippen molar-refractivity contribution in [3.05, 3.63) is 29.8 Å². The minimum absolute atomic E-state index is 0.0684. The van der Waals surface area contributed by atoms with Gasteiger partial charge < -0.3 is 37.6 Å². The summed E-state index contributed by atoms with van der Waals surface area (Å²) in [5, 5.41) is 25.3. The topological polar surface area (TPSA) is 197 Å². The number of aliphatic carboxylic acids is 1. The Morgan fingerprint density at radius 3 is 2.16 bits per heavy atom. The van der Waals surface area contributed by atoms with E-state index in [1.54, 1.807) is 12.1 Å². The van der Waals surface area contributed by atoms with Gasteiger partial charge in [-0.05, 0) is 49.9 Å². The number of hydrogen-bond acceptors (Lipinski definition) is 8. The van der Waals surface area contributed by atoms with Crippen LogP contribution < -0.4 is 27.4 Å². The lowest BCUT2D eigenvalue weighted by Gasteiger charge is -2.23. The van der Waals surface area contributed by atoms with E-state index in [-0.39, 0.29) is 24.3 Å². The van der Waals surface area contributed by atoms with E-state index >= 15 is 0 Å². The van der Waals surface area contributed by atoms with Crippen molar-refractivity contribution in [2.45, 2.75) is 43.8 Å². The molecule has 0 aliphatic carbocycles. The van der Waals surface area contributed by atoms with E-state index in [4.69, 9.17) is 16.6 Å². The second kappa shape index (κ2) is 14.3. The molecule has 32 heavy (non-hydrogen) atoms. The van der Waals surface area contributed by atoms with Crippen LogP contribution in [0.5, 0.6) is 5.75 Å². The molecule has 1 aromatic carbocycles. The van der Waals surface area contributed by atoms with Crippen LogP contribution in [0.1, 0.15) is 24.8 Å². The molecule has 0 aliphatic rings. The summed E-state index contributed by atoms with van der Waals surface area (Å²) in [6.07, 6.45) is 1.66. The molecule has 9 N–H and O–H groups in total. The van der Waals surface area contributed by atoms with Gasteiger partial charge in [-0.2, -0.15) is 12.6 Å². The van der Waals surface area contributed by atoms with Gasteiger partial charge in [0.1, 0.15) is 24.4 Å². The number of carbonyl (C=O) groups excluding carboxylic acids is 3. The number of carboxylic acids is 1. The van der Waals surface area contributed by atoms with Gasteiger partial charge in [0.05, 0.1) is 6.04 Å². The number of aromatic hydroxyl groups is 1. The summed E-state index contributed by atoms with van der Waals surface area (Å²) < 4.78 is 0. The molecule has 0 saturated heterocycles. The summed E-state index contributed by atoms with van der Waals surface area (Å²) in [7, 11) is 0. The van der Waals surface area contributed by atoms with Gasteiger partial charge in [0.2, 0.25) is 17.7 Å². The summed E-state index contributed by atoms with van der Waals surface area (Å²) >= 11 is 4.03. The molecule has 0 fully saturated rings. The van der Waals surface area contributed by atoms with E-state index in [0.29, 0.717) is 19.4 Å². The van der Waals surface area contributed by atoms with E-state index in [1.807, 2.05) is 0 Å². The second-order valence-electron chi connectivity index (χ2n) is 7.18. The molecular formula is C20H31N5O6S. The highest BCUT2D eigenvalue weighted by molar-refractivity contribution is 7.80. The summed E-state index contributed by atoms with van der Waals surface area (Å²) in [4.78, 5) is 48.0. The molecule has 1 aromatic rings. The highest BCUT2D eigenvalue weighted by Crippen LogP contribution is 2.11. The monoisotopic (exact) mass is 469 g/mol. The van der Waals surface area contributed by atoms with Crippen molar-refractivity contribution in [1.29, 1.82) is 0 Å². The number of phenols is 1. The maximum absolute atomic E-state index is 12.7. The van der Waals surface area contributed by atoms with E-state index in [1.165, 1.54) is 12.1 Å². The van der Waals surface area contributed by atoms with E-state index in [0.717, 1.165) is 5.56 Å². The third-order valence-corrected chi connectivity index (χ3v) is 4.90. The zero-order valence-corrected chi connectivity index (χ0v) is 18.5. The first-order valence-electron chi connectivity index (χ1n) is 10.1. The Hall–Kier alpha value is -2.83. The van der Waals surface area contributed by atoms with Crippen molar-refractivity contribution >= 4 is 36.3 Å². The number of rotatable bonds is 14. The van der Waals surface area contributed by atoms with Crippen molar-refractivity contribution in [3.63, 3.8) is 0 Å². The Morgan fingerprint density at radius 1 is 0.969 bits per heavy atom. The Labute approximate surface area is 191 Å². The number of thiol groups is 1. The van der Waals surface area contributed by atoms with E-state index in [2.05, 4.69) is 28.6 Å². The van der Waals surface area contributed by atoms with E-state index < -0.39 is 48.4 Å². The average Bonchev–Trinajstić information content (AvgIpc) is 2.76. The van der Waals surface area contributed by atoms with Crippen LogP contribution >= 0.6 is 12.6 Å². The lowest BCUT2D eigenvalue weighted by Crippen LogP contribution is -2.56.